The molecule has 1 aliphatic rings. The van der Waals surface area contributed by atoms with Crippen LogP contribution in [0.2, 0.25) is 0 Å². The van der Waals surface area contributed by atoms with Gasteiger partial charge >= 0.3 is 0 Å². The van der Waals surface area contributed by atoms with Crippen molar-refractivity contribution in [3.63, 3.8) is 0 Å². The summed E-state index contributed by atoms with van der Waals surface area (Å²) in [6.07, 6.45) is 14.0. The first-order valence-electron chi connectivity index (χ1n) is 8.89. The molecule has 0 aromatic heterocycles. The van der Waals surface area contributed by atoms with Crippen molar-refractivity contribution in [1.29, 1.82) is 0 Å². The van der Waals surface area contributed by atoms with Gasteiger partial charge < -0.3 is 9.47 Å². The van der Waals surface area contributed by atoms with Crippen molar-refractivity contribution >= 4 is 0 Å². The Morgan fingerprint density at radius 3 is 2.00 bits per heavy atom. The number of rotatable bonds is 14. The average molecular weight is 284 g/mol. The second-order valence-corrected chi connectivity index (χ2v) is 6.86. The van der Waals surface area contributed by atoms with Crippen LogP contribution in [0, 0.1) is 5.41 Å². The SMILES string of the molecule is CCCCCC(C)(CCCCC)CCCOCC1CO1. The lowest BCUT2D eigenvalue weighted by molar-refractivity contribution is 0.100. The highest BCUT2D eigenvalue weighted by Crippen LogP contribution is 2.35. The van der Waals surface area contributed by atoms with E-state index in [0.29, 0.717) is 11.5 Å². The van der Waals surface area contributed by atoms with Gasteiger partial charge in [0.2, 0.25) is 0 Å². The first-order chi connectivity index (χ1) is 9.70. The highest BCUT2D eigenvalue weighted by Gasteiger charge is 2.24. The molecular weight excluding hydrogens is 248 g/mol. The predicted octanol–water partition coefficient (Wildman–Crippen LogP) is 5.35. The van der Waals surface area contributed by atoms with E-state index in [1.165, 1.54) is 64.2 Å². The van der Waals surface area contributed by atoms with Crippen LogP contribution >= 0.6 is 0 Å². The molecule has 1 unspecified atom stereocenters. The van der Waals surface area contributed by atoms with Crippen LogP contribution in [0.4, 0.5) is 0 Å². The Bertz CT molecular complexity index is 213. The van der Waals surface area contributed by atoms with E-state index in [0.717, 1.165) is 19.8 Å². The Morgan fingerprint density at radius 2 is 1.50 bits per heavy atom. The lowest BCUT2D eigenvalue weighted by Crippen LogP contribution is -2.18. The summed E-state index contributed by atoms with van der Waals surface area (Å²) in [4.78, 5) is 0. The third-order valence-corrected chi connectivity index (χ3v) is 4.54. The Labute approximate surface area is 126 Å². The van der Waals surface area contributed by atoms with Gasteiger partial charge in [0, 0.05) is 6.61 Å². The molecule has 0 amide bonds. The van der Waals surface area contributed by atoms with Gasteiger partial charge in [0.1, 0.15) is 6.10 Å². The fraction of sp³-hybridized carbons (Fsp3) is 1.00. The molecule has 0 aliphatic carbocycles. The summed E-state index contributed by atoms with van der Waals surface area (Å²) in [5.74, 6) is 0. The molecule has 0 N–H and O–H groups in total. The molecule has 1 fully saturated rings. The molecule has 20 heavy (non-hydrogen) atoms. The van der Waals surface area contributed by atoms with Gasteiger partial charge in [0.25, 0.3) is 0 Å². The van der Waals surface area contributed by atoms with E-state index in [2.05, 4.69) is 20.8 Å². The maximum absolute atomic E-state index is 5.68. The van der Waals surface area contributed by atoms with E-state index < -0.39 is 0 Å². The molecule has 1 atom stereocenters. The van der Waals surface area contributed by atoms with Crippen molar-refractivity contribution in [1.82, 2.24) is 0 Å². The monoisotopic (exact) mass is 284 g/mol. The first kappa shape index (κ1) is 18.0. The minimum Gasteiger partial charge on any atom is -0.379 e. The molecule has 0 bridgehead atoms. The molecule has 0 spiro atoms. The largest absolute Gasteiger partial charge is 0.379 e. The first-order valence-corrected chi connectivity index (χ1v) is 8.89. The lowest BCUT2D eigenvalue weighted by atomic mass is 9.76. The molecule has 0 aromatic carbocycles. The highest BCUT2D eigenvalue weighted by atomic mass is 16.6. The van der Waals surface area contributed by atoms with E-state index in [1.807, 2.05) is 0 Å². The molecule has 1 heterocycles. The summed E-state index contributed by atoms with van der Waals surface area (Å²) in [6.45, 7) is 9.72. The predicted molar refractivity (Wildman–Crippen MR) is 86.2 cm³/mol. The average Bonchev–Trinajstić information content (AvgIpc) is 3.23. The van der Waals surface area contributed by atoms with Crippen molar-refractivity contribution in [3.8, 4) is 0 Å². The summed E-state index contributed by atoms with van der Waals surface area (Å²) in [5, 5.41) is 0. The van der Waals surface area contributed by atoms with Gasteiger partial charge in [-0.15, -0.1) is 0 Å². The number of unbranched alkanes of at least 4 members (excludes halogenated alkanes) is 4. The second-order valence-electron chi connectivity index (χ2n) is 6.86. The maximum atomic E-state index is 5.68. The van der Waals surface area contributed by atoms with Crippen LogP contribution in [0.1, 0.15) is 85.0 Å². The summed E-state index contributed by atoms with van der Waals surface area (Å²) >= 11 is 0. The highest BCUT2D eigenvalue weighted by molar-refractivity contribution is 4.75. The maximum Gasteiger partial charge on any atom is 0.104 e. The minimum atomic E-state index is 0.412. The molecular formula is C18H36O2. The van der Waals surface area contributed by atoms with E-state index in [1.54, 1.807) is 0 Å². The third-order valence-electron chi connectivity index (χ3n) is 4.54. The summed E-state index contributed by atoms with van der Waals surface area (Å²) < 4.78 is 10.8. The van der Waals surface area contributed by atoms with Crippen molar-refractivity contribution in [3.05, 3.63) is 0 Å². The van der Waals surface area contributed by atoms with Gasteiger partial charge in [0.15, 0.2) is 0 Å². The Morgan fingerprint density at radius 1 is 0.950 bits per heavy atom. The molecule has 1 rings (SSSR count). The topological polar surface area (TPSA) is 21.8 Å². The van der Waals surface area contributed by atoms with Crippen LogP contribution in [0.5, 0.6) is 0 Å². The fourth-order valence-corrected chi connectivity index (χ4v) is 2.96. The minimum absolute atomic E-state index is 0.412. The van der Waals surface area contributed by atoms with Crippen LogP contribution in [0.3, 0.4) is 0 Å². The number of hydrogen-bond donors (Lipinski definition) is 0. The Balaban J connectivity index is 2.15. The summed E-state index contributed by atoms with van der Waals surface area (Å²) in [7, 11) is 0. The second kappa shape index (κ2) is 10.6. The molecule has 0 radical (unpaired) electrons. The van der Waals surface area contributed by atoms with E-state index in [4.69, 9.17) is 9.47 Å². The molecule has 1 saturated heterocycles. The summed E-state index contributed by atoms with van der Waals surface area (Å²) in [5.41, 5.74) is 0.545. The van der Waals surface area contributed by atoms with Crippen molar-refractivity contribution < 1.29 is 9.47 Å². The molecule has 1 aliphatic heterocycles. The van der Waals surface area contributed by atoms with Crippen LogP contribution in [0.15, 0.2) is 0 Å². The Hall–Kier alpha value is -0.0800. The number of epoxide rings is 1. The van der Waals surface area contributed by atoms with E-state index >= 15 is 0 Å². The molecule has 120 valence electrons. The zero-order chi connectivity index (χ0) is 14.7. The molecule has 0 aromatic rings. The number of ether oxygens (including phenoxy) is 2. The third kappa shape index (κ3) is 8.97. The zero-order valence-electron chi connectivity index (χ0n) is 14.1. The fourth-order valence-electron chi connectivity index (χ4n) is 2.96. The van der Waals surface area contributed by atoms with Crippen molar-refractivity contribution in [2.75, 3.05) is 19.8 Å². The number of hydrogen-bond acceptors (Lipinski definition) is 2. The Kier molecular flexibility index (Phi) is 9.54. The van der Waals surface area contributed by atoms with Gasteiger partial charge in [0.05, 0.1) is 13.2 Å². The smallest absolute Gasteiger partial charge is 0.104 e. The lowest BCUT2D eigenvalue weighted by Gasteiger charge is -2.30. The van der Waals surface area contributed by atoms with Crippen LogP contribution < -0.4 is 0 Å². The van der Waals surface area contributed by atoms with Gasteiger partial charge in [-0.25, -0.2) is 0 Å². The van der Waals surface area contributed by atoms with Crippen molar-refractivity contribution in [2.24, 2.45) is 5.41 Å². The van der Waals surface area contributed by atoms with Gasteiger partial charge in [-0.3, -0.25) is 0 Å². The van der Waals surface area contributed by atoms with Gasteiger partial charge in [-0.1, -0.05) is 59.3 Å². The van der Waals surface area contributed by atoms with Crippen LogP contribution in [-0.2, 0) is 9.47 Å². The summed E-state index contributed by atoms with van der Waals surface area (Å²) in [6, 6.07) is 0. The molecule has 2 heteroatoms. The van der Waals surface area contributed by atoms with Gasteiger partial charge in [-0.2, -0.15) is 0 Å². The zero-order valence-corrected chi connectivity index (χ0v) is 14.1. The molecule has 2 nitrogen and oxygen atoms in total. The normalized spacial score (nSPS) is 18.4. The van der Waals surface area contributed by atoms with E-state index in [-0.39, 0.29) is 0 Å². The van der Waals surface area contributed by atoms with Gasteiger partial charge in [-0.05, 0) is 31.1 Å². The van der Waals surface area contributed by atoms with E-state index in [9.17, 15) is 0 Å². The van der Waals surface area contributed by atoms with Crippen molar-refractivity contribution in [2.45, 2.75) is 91.1 Å². The standard InChI is InChI=1S/C18H36O2/c1-4-6-8-11-18(3,12-9-7-5-2)13-10-14-19-15-17-16-20-17/h17H,4-16H2,1-3H3. The van der Waals surface area contributed by atoms with Crippen LogP contribution in [0.25, 0.3) is 0 Å². The van der Waals surface area contributed by atoms with Crippen LogP contribution in [-0.4, -0.2) is 25.9 Å². The molecule has 0 saturated carbocycles. The quantitative estimate of drug-likeness (QED) is 0.317.